The van der Waals surface area contributed by atoms with Crippen LogP contribution in [0, 0.1) is 20.8 Å². The van der Waals surface area contributed by atoms with Gasteiger partial charge in [-0.2, -0.15) is 0 Å². The number of rotatable bonds is 4. The summed E-state index contributed by atoms with van der Waals surface area (Å²) >= 11 is 0. The number of allylic oxidation sites excluding steroid dienone is 4. The number of hydrogen-bond donors (Lipinski definition) is 0. The third-order valence-electron chi connectivity index (χ3n) is 4.37. The first-order valence-electron chi connectivity index (χ1n) is 7.94. The lowest BCUT2D eigenvalue weighted by molar-refractivity contribution is 0.483. The van der Waals surface area contributed by atoms with Crippen LogP contribution in [-0.4, -0.2) is 0 Å². The average Bonchev–Trinajstić information content (AvgIpc) is 2.96. The van der Waals surface area contributed by atoms with Crippen LogP contribution in [0.5, 0.6) is 5.75 Å². The van der Waals surface area contributed by atoms with Crippen molar-refractivity contribution in [3.63, 3.8) is 0 Å². The molecule has 0 fully saturated rings. The van der Waals surface area contributed by atoms with Crippen LogP contribution in [0.2, 0.25) is 0 Å². The predicted molar refractivity (Wildman–Crippen MR) is 97.8 cm³/mol. The number of benzene rings is 2. The first-order chi connectivity index (χ1) is 11.1. The van der Waals surface area contributed by atoms with E-state index in [1.165, 1.54) is 39.7 Å². The van der Waals surface area contributed by atoms with Crippen molar-refractivity contribution in [2.75, 3.05) is 0 Å². The van der Waals surface area contributed by atoms with Crippen LogP contribution in [0.3, 0.4) is 0 Å². The minimum atomic E-state index is 0.321. The third-order valence-corrected chi connectivity index (χ3v) is 4.37. The van der Waals surface area contributed by atoms with E-state index in [0.717, 1.165) is 5.75 Å². The SMILES string of the molecule is C=COc1ccc(C2=CC=CC2c2c(C)cc(C)cc2C)cc1. The van der Waals surface area contributed by atoms with Gasteiger partial charge in [-0.15, -0.1) is 0 Å². The van der Waals surface area contributed by atoms with Gasteiger partial charge >= 0.3 is 0 Å². The molecule has 1 nitrogen and oxygen atoms in total. The van der Waals surface area contributed by atoms with Crippen molar-refractivity contribution in [1.82, 2.24) is 0 Å². The van der Waals surface area contributed by atoms with E-state index in [-0.39, 0.29) is 0 Å². The van der Waals surface area contributed by atoms with Crippen LogP contribution in [0.4, 0.5) is 0 Å². The van der Waals surface area contributed by atoms with Gasteiger partial charge in [0.25, 0.3) is 0 Å². The van der Waals surface area contributed by atoms with Crippen LogP contribution in [0.15, 0.2) is 67.5 Å². The lowest BCUT2D eigenvalue weighted by Crippen LogP contribution is -2.03. The van der Waals surface area contributed by atoms with E-state index in [9.17, 15) is 0 Å². The Bertz CT molecular complexity index is 768. The molecule has 3 rings (SSSR count). The van der Waals surface area contributed by atoms with E-state index in [0.29, 0.717) is 5.92 Å². The zero-order chi connectivity index (χ0) is 16.4. The fourth-order valence-corrected chi connectivity index (χ4v) is 3.51. The van der Waals surface area contributed by atoms with Gasteiger partial charge in [-0.25, -0.2) is 0 Å². The van der Waals surface area contributed by atoms with E-state index in [1.54, 1.807) is 0 Å². The molecular weight excluding hydrogens is 280 g/mol. The highest BCUT2D eigenvalue weighted by molar-refractivity contribution is 5.78. The van der Waals surface area contributed by atoms with Gasteiger partial charge in [-0.3, -0.25) is 0 Å². The molecule has 0 aromatic heterocycles. The van der Waals surface area contributed by atoms with Gasteiger partial charge in [0.05, 0.1) is 6.26 Å². The monoisotopic (exact) mass is 302 g/mol. The van der Waals surface area contributed by atoms with Crippen molar-refractivity contribution in [3.05, 3.63) is 95.3 Å². The molecule has 116 valence electrons. The lowest BCUT2D eigenvalue weighted by Gasteiger charge is -2.20. The first-order valence-corrected chi connectivity index (χ1v) is 7.94. The van der Waals surface area contributed by atoms with Crippen LogP contribution < -0.4 is 4.74 Å². The molecule has 2 aromatic carbocycles. The predicted octanol–water partition coefficient (Wildman–Crippen LogP) is 5.87. The van der Waals surface area contributed by atoms with Crippen LogP contribution in [0.25, 0.3) is 5.57 Å². The Hall–Kier alpha value is -2.54. The molecule has 0 N–H and O–H groups in total. The Morgan fingerprint density at radius 1 is 1.00 bits per heavy atom. The Morgan fingerprint density at radius 2 is 1.65 bits per heavy atom. The van der Waals surface area contributed by atoms with Crippen molar-refractivity contribution in [3.8, 4) is 5.75 Å². The van der Waals surface area contributed by atoms with E-state index in [1.807, 2.05) is 12.1 Å². The minimum absolute atomic E-state index is 0.321. The maximum atomic E-state index is 5.32. The van der Waals surface area contributed by atoms with Crippen molar-refractivity contribution in [2.24, 2.45) is 0 Å². The summed E-state index contributed by atoms with van der Waals surface area (Å²) in [4.78, 5) is 0. The molecule has 23 heavy (non-hydrogen) atoms. The number of hydrogen-bond acceptors (Lipinski definition) is 1. The molecule has 0 aliphatic heterocycles. The fourth-order valence-electron chi connectivity index (χ4n) is 3.51. The molecule has 2 aromatic rings. The van der Waals surface area contributed by atoms with Crippen LogP contribution in [-0.2, 0) is 0 Å². The van der Waals surface area contributed by atoms with E-state index >= 15 is 0 Å². The number of ether oxygens (including phenoxy) is 1. The Kier molecular flexibility index (Phi) is 4.20. The molecule has 0 bridgehead atoms. The molecule has 1 aliphatic rings. The van der Waals surface area contributed by atoms with Gasteiger partial charge in [-0.1, -0.05) is 54.6 Å². The molecular formula is C22H22O. The minimum Gasteiger partial charge on any atom is -0.466 e. The highest BCUT2D eigenvalue weighted by atomic mass is 16.5. The largest absolute Gasteiger partial charge is 0.466 e. The third kappa shape index (κ3) is 3.00. The molecule has 0 saturated carbocycles. The van der Waals surface area contributed by atoms with Gasteiger partial charge in [-0.05, 0) is 60.7 Å². The van der Waals surface area contributed by atoms with E-state index < -0.39 is 0 Å². The van der Waals surface area contributed by atoms with Crippen LogP contribution in [0.1, 0.15) is 33.7 Å². The summed E-state index contributed by atoms with van der Waals surface area (Å²) in [7, 11) is 0. The van der Waals surface area contributed by atoms with Crippen molar-refractivity contribution >= 4 is 5.57 Å². The first kappa shape index (κ1) is 15.4. The topological polar surface area (TPSA) is 9.23 Å². The van der Waals surface area contributed by atoms with Crippen molar-refractivity contribution in [1.29, 1.82) is 0 Å². The summed E-state index contributed by atoms with van der Waals surface area (Å²) in [5.41, 5.74) is 8.03. The summed E-state index contributed by atoms with van der Waals surface area (Å²) < 4.78 is 5.32. The average molecular weight is 302 g/mol. The second-order valence-corrected chi connectivity index (χ2v) is 6.11. The van der Waals surface area contributed by atoms with Gasteiger partial charge in [0, 0.05) is 5.92 Å². The second kappa shape index (κ2) is 6.29. The standard InChI is InChI=1S/C22H22O/c1-5-23-19-11-9-18(10-12-19)20-7-6-8-21(20)22-16(3)13-15(2)14-17(22)4/h5-14,21H,1H2,2-4H3. The molecule has 0 radical (unpaired) electrons. The lowest BCUT2D eigenvalue weighted by atomic mass is 9.84. The van der Waals surface area contributed by atoms with Crippen molar-refractivity contribution < 1.29 is 4.74 Å². The summed E-state index contributed by atoms with van der Waals surface area (Å²) in [5.74, 6) is 1.14. The number of aryl methyl sites for hydroxylation is 3. The Balaban J connectivity index is 1.97. The molecule has 1 aliphatic carbocycles. The van der Waals surface area contributed by atoms with Gasteiger partial charge < -0.3 is 4.74 Å². The summed E-state index contributed by atoms with van der Waals surface area (Å²) in [6, 6.07) is 12.7. The molecule has 1 atom stereocenters. The Labute approximate surface area is 138 Å². The summed E-state index contributed by atoms with van der Waals surface area (Å²) in [6.45, 7) is 10.2. The Morgan fingerprint density at radius 3 is 2.26 bits per heavy atom. The smallest absolute Gasteiger partial charge is 0.126 e. The van der Waals surface area contributed by atoms with Crippen LogP contribution >= 0.6 is 0 Å². The zero-order valence-electron chi connectivity index (χ0n) is 14.0. The summed E-state index contributed by atoms with van der Waals surface area (Å²) in [5, 5.41) is 0. The molecule has 0 heterocycles. The second-order valence-electron chi connectivity index (χ2n) is 6.11. The molecule has 0 saturated heterocycles. The van der Waals surface area contributed by atoms with E-state index in [4.69, 9.17) is 4.74 Å². The molecule has 0 amide bonds. The molecule has 0 spiro atoms. The molecule has 1 unspecified atom stereocenters. The zero-order valence-corrected chi connectivity index (χ0v) is 14.0. The summed E-state index contributed by atoms with van der Waals surface area (Å²) in [6.07, 6.45) is 8.11. The molecule has 1 heteroatoms. The van der Waals surface area contributed by atoms with Gasteiger partial charge in [0.1, 0.15) is 5.75 Å². The van der Waals surface area contributed by atoms with Crippen molar-refractivity contribution in [2.45, 2.75) is 26.7 Å². The quantitative estimate of drug-likeness (QED) is 0.642. The van der Waals surface area contributed by atoms with E-state index in [2.05, 4.69) is 69.8 Å². The fraction of sp³-hybridized carbons (Fsp3) is 0.182. The van der Waals surface area contributed by atoms with Gasteiger partial charge in [0.15, 0.2) is 0 Å². The maximum absolute atomic E-state index is 5.32. The highest BCUT2D eigenvalue weighted by Gasteiger charge is 2.22. The van der Waals surface area contributed by atoms with Gasteiger partial charge in [0.2, 0.25) is 0 Å². The maximum Gasteiger partial charge on any atom is 0.126 e. The normalized spacial score (nSPS) is 16.3. The highest BCUT2D eigenvalue weighted by Crippen LogP contribution is 2.40.